The molecule has 4 nitrogen and oxygen atoms in total. The lowest BCUT2D eigenvalue weighted by Crippen LogP contribution is -1.92. The van der Waals surface area contributed by atoms with Gasteiger partial charge < -0.3 is 0 Å². The summed E-state index contributed by atoms with van der Waals surface area (Å²) in [5.74, 6) is 0.781. The number of aromatic nitrogens is 4. The molecule has 3 aromatic rings. The van der Waals surface area contributed by atoms with E-state index < -0.39 is 0 Å². The summed E-state index contributed by atoms with van der Waals surface area (Å²) in [6, 6.07) is 9.90. The predicted molar refractivity (Wildman–Crippen MR) is 65.6 cm³/mol. The quantitative estimate of drug-likeness (QED) is 0.671. The Hall–Kier alpha value is -2.23. The molecule has 0 amide bonds. The summed E-state index contributed by atoms with van der Waals surface area (Å²) in [7, 11) is 0. The number of rotatable bonds is 2. The van der Waals surface area contributed by atoms with Crippen molar-refractivity contribution in [3.8, 4) is 11.5 Å². The van der Waals surface area contributed by atoms with Crippen LogP contribution in [-0.2, 0) is 6.42 Å². The fourth-order valence-electron chi connectivity index (χ4n) is 1.78. The monoisotopic (exact) mass is 224 g/mol. The molecule has 0 aliphatic rings. The van der Waals surface area contributed by atoms with Gasteiger partial charge in [0.1, 0.15) is 5.69 Å². The van der Waals surface area contributed by atoms with Gasteiger partial charge in [-0.05, 0) is 30.2 Å². The maximum Gasteiger partial charge on any atom is 0.186 e. The van der Waals surface area contributed by atoms with E-state index in [-0.39, 0.29) is 0 Å². The van der Waals surface area contributed by atoms with Gasteiger partial charge in [-0.2, -0.15) is 0 Å². The smallest absolute Gasteiger partial charge is 0.186 e. The molecule has 84 valence electrons. The molecule has 3 rings (SSSR count). The average molecular weight is 224 g/mol. The van der Waals surface area contributed by atoms with Crippen LogP contribution >= 0.6 is 0 Å². The molecule has 0 spiro atoms. The summed E-state index contributed by atoms with van der Waals surface area (Å²) in [6.45, 7) is 2.11. The highest BCUT2D eigenvalue weighted by Gasteiger charge is 2.07. The fourth-order valence-corrected chi connectivity index (χ4v) is 1.78. The fraction of sp³-hybridized carbons (Fsp3) is 0.154. The van der Waals surface area contributed by atoms with Crippen LogP contribution in [-0.4, -0.2) is 19.6 Å². The van der Waals surface area contributed by atoms with Crippen molar-refractivity contribution in [1.29, 1.82) is 0 Å². The second kappa shape index (κ2) is 3.97. The van der Waals surface area contributed by atoms with Gasteiger partial charge in [-0.3, -0.25) is 9.38 Å². The van der Waals surface area contributed by atoms with Gasteiger partial charge in [0.25, 0.3) is 0 Å². The third-order valence-corrected chi connectivity index (χ3v) is 2.78. The zero-order valence-corrected chi connectivity index (χ0v) is 9.54. The van der Waals surface area contributed by atoms with Crippen LogP contribution in [0.25, 0.3) is 17.2 Å². The lowest BCUT2D eigenvalue weighted by molar-refractivity contribution is 1.06. The predicted octanol–water partition coefficient (Wildman–Crippen LogP) is 2.35. The number of nitrogens with zero attached hydrogens (tertiary/aromatic N) is 4. The van der Waals surface area contributed by atoms with Gasteiger partial charge in [0.2, 0.25) is 0 Å². The Morgan fingerprint density at radius 3 is 2.82 bits per heavy atom. The summed E-state index contributed by atoms with van der Waals surface area (Å²) < 4.78 is 1.94. The molecule has 4 heteroatoms. The molecule has 3 aromatic heterocycles. The van der Waals surface area contributed by atoms with Crippen LogP contribution in [0, 0.1) is 0 Å². The van der Waals surface area contributed by atoms with Crippen molar-refractivity contribution < 1.29 is 0 Å². The van der Waals surface area contributed by atoms with E-state index in [1.807, 2.05) is 41.1 Å². The normalized spacial score (nSPS) is 10.9. The molecule has 0 aromatic carbocycles. The van der Waals surface area contributed by atoms with Gasteiger partial charge in [-0.25, -0.2) is 0 Å². The maximum atomic E-state index is 4.42. The zero-order valence-electron chi connectivity index (χ0n) is 9.54. The van der Waals surface area contributed by atoms with E-state index in [0.717, 1.165) is 23.6 Å². The molecule has 0 unspecified atom stereocenters. The van der Waals surface area contributed by atoms with Crippen LogP contribution in [0.1, 0.15) is 12.5 Å². The van der Waals surface area contributed by atoms with Crippen molar-refractivity contribution in [1.82, 2.24) is 19.6 Å². The molecular formula is C13H12N4. The van der Waals surface area contributed by atoms with Crippen molar-refractivity contribution >= 4 is 5.65 Å². The Morgan fingerprint density at radius 2 is 2.06 bits per heavy atom. The molecule has 3 heterocycles. The summed E-state index contributed by atoms with van der Waals surface area (Å²) in [5, 5.41) is 8.28. The maximum absolute atomic E-state index is 4.42. The third kappa shape index (κ3) is 1.67. The van der Waals surface area contributed by atoms with Gasteiger partial charge in [0, 0.05) is 12.4 Å². The van der Waals surface area contributed by atoms with E-state index in [1.54, 1.807) is 0 Å². The molecule has 0 atom stereocenters. The standard InChI is InChI=1S/C13H12N4/c1-2-10-6-7-11(14-9-10)13-16-15-12-5-3-4-8-17(12)13/h3-9H,2H2,1H3. The molecule has 0 aliphatic carbocycles. The second-order valence-corrected chi connectivity index (χ2v) is 3.86. The van der Waals surface area contributed by atoms with Gasteiger partial charge in [0.15, 0.2) is 11.5 Å². The van der Waals surface area contributed by atoms with Crippen molar-refractivity contribution in [2.24, 2.45) is 0 Å². The topological polar surface area (TPSA) is 43.1 Å². The van der Waals surface area contributed by atoms with Crippen molar-refractivity contribution in [3.63, 3.8) is 0 Å². The zero-order chi connectivity index (χ0) is 11.7. The number of pyridine rings is 2. The average Bonchev–Trinajstić information content (AvgIpc) is 2.83. The van der Waals surface area contributed by atoms with Gasteiger partial charge >= 0.3 is 0 Å². The highest BCUT2D eigenvalue weighted by atomic mass is 15.2. The lowest BCUT2D eigenvalue weighted by Gasteiger charge is -2.00. The van der Waals surface area contributed by atoms with E-state index in [0.29, 0.717) is 0 Å². The van der Waals surface area contributed by atoms with Gasteiger partial charge in [-0.1, -0.05) is 19.1 Å². The largest absolute Gasteiger partial charge is 0.281 e. The SMILES string of the molecule is CCc1ccc(-c2nnc3ccccn23)nc1. The van der Waals surface area contributed by atoms with E-state index in [9.17, 15) is 0 Å². The number of fused-ring (bicyclic) bond motifs is 1. The van der Waals surface area contributed by atoms with Crippen LogP contribution in [0.15, 0.2) is 42.7 Å². The van der Waals surface area contributed by atoms with E-state index in [1.165, 1.54) is 5.56 Å². The van der Waals surface area contributed by atoms with Crippen LogP contribution < -0.4 is 0 Å². The molecule has 0 bridgehead atoms. The number of aryl methyl sites for hydroxylation is 1. The van der Waals surface area contributed by atoms with E-state index in [4.69, 9.17) is 0 Å². The minimum atomic E-state index is 0.781. The van der Waals surface area contributed by atoms with Crippen LogP contribution in [0.4, 0.5) is 0 Å². The second-order valence-electron chi connectivity index (χ2n) is 3.86. The van der Waals surface area contributed by atoms with Gasteiger partial charge in [-0.15, -0.1) is 10.2 Å². The highest BCUT2D eigenvalue weighted by Crippen LogP contribution is 2.15. The summed E-state index contributed by atoms with van der Waals surface area (Å²) in [5.41, 5.74) is 2.91. The molecule has 0 radical (unpaired) electrons. The van der Waals surface area contributed by atoms with Crippen molar-refractivity contribution in [2.45, 2.75) is 13.3 Å². The summed E-state index contributed by atoms with van der Waals surface area (Å²) >= 11 is 0. The highest BCUT2D eigenvalue weighted by molar-refractivity contribution is 5.55. The Morgan fingerprint density at radius 1 is 1.12 bits per heavy atom. The minimum Gasteiger partial charge on any atom is -0.281 e. The number of hydrogen-bond acceptors (Lipinski definition) is 3. The first kappa shape index (κ1) is 9.96. The molecule has 0 saturated heterocycles. The van der Waals surface area contributed by atoms with Crippen LogP contribution in [0.3, 0.4) is 0 Å². The molecule has 0 saturated carbocycles. The van der Waals surface area contributed by atoms with Gasteiger partial charge in [0.05, 0.1) is 0 Å². The van der Waals surface area contributed by atoms with E-state index >= 15 is 0 Å². The Labute approximate surface area is 99.0 Å². The van der Waals surface area contributed by atoms with Crippen molar-refractivity contribution in [3.05, 3.63) is 48.3 Å². The Kier molecular flexibility index (Phi) is 2.33. The molecule has 0 fully saturated rings. The van der Waals surface area contributed by atoms with E-state index in [2.05, 4.69) is 28.2 Å². The minimum absolute atomic E-state index is 0.781. The lowest BCUT2D eigenvalue weighted by atomic mass is 10.2. The molecule has 0 aliphatic heterocycles. The Bertz CT molecular complexity index is 640. The molecule has 17 heavy (non-hydrogen) atoms. The summed E-state index contributed by atoms with van der Waals surface area (Å²) in [6.07, 6.45) is 4.83. The Balaban J connectivity index is 2.13. The van der Waals surface area contributed by atoms with Crippen LogP contribution in [0.5, 0.6) is 0 Å². The third-order valence-electron chi connectivity index (χ3n) is 2.78. The molecular weight excluding hydrogens is 212 g/mol. The van der Waals surface area contributed by atoms with Crippen LogP contribution in [0.2, 0.25) is 0 Å². The van der Waals surface area contributed by atoms with Crippen molar-refractivity contribution in [2.75, 3.05) is 0 Å². The number of hydrogen-bond donors (Lipinski definition) is 0. The first-order valence-corrected chi connectivity index (χ1v) is 5.63. The first-order chi connectivity index (χ1) is 8.38. The first-order valence-electron chi connectivity index (χ1n) is 5.63. The molecule has 0 N–H and O–H groups in total. The summed E-state index contributed by atoms with van der Waals surface area (Å²) in [4.78, 5) is 4.42.